The number of rotatable bonds is 2. The molecule has 1 aliphatic rings. The van der Waals surface area contributed by atoms with Crippen molar-refractivity contribution in [3.63, 3.8) is 0 Å². The van der Waals surface area contributed by atoms with Gasteiger partial charge >= 0.3 is 0 Å². The summed E-state index contributed by atoms with van der Waals surface area (Å²) in [6.45, 7) is 0. The van der Waals surface area contributed by atoms with E-state index in [1.54, 1.807) is 0 Å². The molecule has 74 valence electrons. The molecule has 0 saturated heterocycles. The highest BCUT2D eigenvalue weighted by atomic mass is 14.7. The molecule has 0 atom stereocenters. The molecule has 0 spiro atoms. The van der Waals surface area contributed by atoms with Crippen molar-refractivity contribution < 1.29 is 0 Å². The standard InChI is InChI=1S/C13H17N/c1-14-11-13(9-5-6-10-13)12-7-3-2-4-8-12/h2-4,7-8,11H,5-6,9-10H2,1H3. The van der Waals surface area contributed by atoms with Gasteiger partial charge in [0.1, 0.15) is 0 Å². The topological polar surface area (TPSA) is 12.4 Å². The quantitative estimate of drug-likeness (QED) is 0.630. The Morgan fingerprint density at radius 2 is 1.79 bits per heavy atom. The third kappa shape index (κ3) is 1.59. The van der Waals surface area contributed by atoms with Crippen LogP contribution in [0, 0.1) is 0 Å². The summed E-state index contributed by atoms with van der Waals surface area (Å²) in [6.07, 6.45) is 7.33. The normalized spacial score (nSPS) is 20.4. The van der Waals surface area contributed by atoms with E-state index in [9.17, 15) is 0 Å². The Hall–Kier alpha value is -1.11. The molecule has 1 aromatic rings. The number of nitrogens with zero attached hydrogens (tertiary/aromatic N) is 1. The number of aliphatic imine (C=N–C) groups is 1. The first-order chi connectivity index (χ1) is 6.87. The summed E-state index contributed by atoms with van der Waals surface area (Å²) in [4.78, 5) is 4.24. The van der Waals surface area contributed by atoms with E-state index in [1.165, 1.54) is 31.2 Å². The molecule has 0 aromatic heterocycles. The van der Waals surface area contributed by atoms with Gasteiger partial charge < -0.3 is 0 Å². The highest BCUT2D eigenvalue weighted by molar-refractivity contribution is 5.74. The minimum absolute atomic E-state index is 0.246. The fourth-order valence-electron chi connectivity index (χ4n) is 2.52. The van der Waals surface area contributed by atoms with Gasteiger partial charge in [-0.05, 0) is 18.4 Å². The second kappa shape index (κ2) is 3.95. The molecule has 0 heterocycles. The van der Waals surface area contributed by atoms with Crippen LogP contribution in [-0.2, 0) is 5.41 Å². The lowest BCUT2D eigenvalue weighted by atomic mass is 9.80. The first-order valence-electron chi connectivity index (χ1n) is 5.36. The van der Waals surface area contributed by atoms with Crippen molar-refractivity contribution >= 4 is 6.21 Å². The first kappa shape index (κ1) is 9.45. The summed E-state index contributed by atoms with van der Waals surface area (Å²) < 4.78 is 0. The van der Waals surface area contributed by atoms with Gasteiger partial charge in [0.25, 0.3) is 0 Å². The van der Waals surface area contributed by atoms with Gasteiger partial charge in [-0.1, -0.05) is 43.2 Å². The van der Waals surface area contributed by atoms with E-state index in [0.717, 1.165) is 0 Å². The van der Waals surface area contributed by atoms with Crippen LogP contribution in [0.3, 0.4) is 0 Å². The summed E-state index contributed by atoms with van der Waals surface area (Å²) in [5.74, 6) is 0. The highest BCUT2D eigenvalue weighted by Gasteiger charge is 2.33. The van der Waals surface area contributed by atoms with Crippen molar-refractivity contribution in [2.45, 2.75) is 31.1 Å². The molecule has 0 unspecified atom stereocenters. The van der Waals surface area contributed by atoms with Crippen LogP contribution >= 0.6 is 0 Å². The molecule has 0 bridgehead atoms. The van der Waals surface area contributed by atoms with Gasteiger partial charge in [-0.3, -0.25) is 4.99 Å². The molecule has 0 radical (unpaired) electrons. The van der Waals surface area contributed by atoms with Crippen molar-refractivity contribution in [2.24, 2.45) is 4.99 Å². The molecule has 0 N–H and O–H groups in total. The van der Waals surface area contributed by atoms with Crippen LogP contribution in [0.15, 0.2) is 35.3 Å². The Bertz CT molecular complexity index is 307. The Morgan fingerprint density at radius 3 is 2.36 bits per heavy atom. The van der Waals surface area contributed by atoms with E-state index in [4.69, 9.17) is 0 Å². The largest absolute Gasteiger partial charge is 0.300 e. The molecule has 1 nitrogen and oxygen atoms in total. The van der Waals surface area contributed by atoms with Crippen molar-refractivity contribution in [3.05, 3.63) is 35.9 Å². The smallest absolute Gasteiger partial charge is 0.0301 e. The minimum atomic E-state index is 0.246. The van der Waals surface area contributed by atoms with E-state index < -0.39 is 0 Å². The van der Waals surface area contributed by atoms with Crippen molar-refractivity contribution in [1.82, 2.24) is 0 Å². The van der Waals surface area contributed by atoms with E-state index in [2.05, 4.69) is 41.5 Å². The van der Waals surface area contributed by atoms with E-state index in [-0.39, 0.29) is 5.41 Å². The van der Waals surface area contributed by atoms with Crippen LogP contribution in [0.4, 0.5) is 0 Å². The predicted molar refractivity (Wildman–Crippen MR) is 61.0 cm³/mol. The molecular formula is C13H17N. The summed E-state index contributed by atoms with van der Waals surface area (Å²) >= 11 is 0. The van der Waals surface area contributed by atoms with Gasteiger partial charge in [0.2, 0.25) is 0 Å². The van der Waals surface area contributed by atoms with Crippen LogP contribution in [-0.4, -0.2) is 13.3 Å². The molecule has 0 aliphatic heterocycles. The molecule has 2 rings (SSSR count). The van der Waals surface area contributed by atoms with Crippen LogP contribution in [0.1, 0.15) is 31.2 Å². The lowest BCUT2D eigenvalue weighted by Crippen LogP contribution is -2.23. The van der Waals surface area contributed by atoms with E-state index in [1.807, 2.05) is 7.05 Å². The zero-order chi connectivity index (χ0) is 9.86. The van der Waals surface area contributed by atoms with Crippen LogP contribution in [0.2, 0.25) is 0 Å². The fourth-order valence-corrected chi connectivity index (χ4v) is 2.52. The number of hydrogen-bond acceptors (Lipinski definition) is 1. The second-order valence-corrected chi connectivity index (χ2v) is 4.12. The summed E-state index contributed by atoms with van der Waals surface area (Å²) in [5, 5.41) is 0. The Kier molecular flexibility index (Phi) is 2.67. The fraction of sp³-hybridized carbons (Fsp3) is 0.462. The third-order valence-electron chi connectivity index (χ3n) is 3.22. The lowest BCUT2D eigenvalue weighted by Gasteiger charge is -2.24. The van der Waals surface area contributed by atoms with Crippen molar-refractivity contribution in [3.8, 4) is 0 Å². The Labute approximate surface area is 85.9 Å². The van der Waals surface area contributed by atoms with Gasteiger partial charge in [-0.2, -0.15) is 0 Å². The van der Waals surface area contributed by atoms with Gasteiger partial charge in [-0.15, -0.1) is 0 Å². The van der Waals surface area contributed by atoms with E-state index >= 15 is 0 Å². The molecule has 14 heavy (non-hydrogen) atoms. The molecule has 1 saturated carbocycles. The zero-order valence-electron chi connectivity index (χ0n) is 8.74. The molecule has 1 aliphatic carbocycles. The SMILES string of the molecule is CN=CC1(c2ccccc2)CCCC1. The average Bonchev–Trinajstić information content (AvgIpc) is 2.70. The van der Waals surface area contributed by atoms with Gasteiger partial charge in [0.05, 0.1) is 0 Å². The van der Waals surface area contributed by atoms with Crippen LogP contribution < -0.4 is 0 Å². The van der Waals surface area contributed by atoms with Crippen molar-refractivity contribution in [1.29, 1.82) is 0 Å². The molecule has 1 heteroatoms. The summed E-state index contributed by atoms with van der Waals surface area (Å²) in [7, 11) is 1.88. The van der Waals surface area contributed by atoms with E-state index in [0.29, 0.717) is 0 Å². The zero-order valence-corrected chi connectivity index (χ0v) is 8.74. The molecular weight excluding hydrogens is 170 g/mol. The van der Waals surface area contributed by atoms with Crippen LogP contribution in [0.5, 0.6) is 0 Å². The van der Waals surface area contributed by atoms with Gasteiger partial charge in [0.15, 0.2) is 0 Å². The van der Waals surface area contributed by atoms with Crippen LogP contribution in [0.25, 0.3) is 0 Å². The monoisotopic (exact) mass is 187 g/mol. The second-order valence-electron chi connectivity index (χ2n) is 4.12. The minimum Gasteiger partial charge on any atom is -0.300 e. The van der Waals surface area contributed by atoms with Gasteiger partial charge in [0, 0.05) is 18.7 Å². The lowest BCUT2D eigenvalue weighted by molar-refractivity contribution is 0.611. The maximum atomic E-state index is 4.24. The molecule has 1 fully saturated rings. The highest BCUT2D eigenvalue weighted by Crippen LogP contribution is 2.39. The maximum absolute atomic E-state index is 4.24. The molecule has 0 amide bonds. The molecule has 1 aromatic carbocycles. The van der Waals surface area contributed by atoms with Crippen molar-refractivity contribution in [2.75, 3.05) is 7.05 Å². The average molecular weight is 187 g/mol. The number of benzene rings is 1. The van der Waals surface area contributed by atoms with Gasteiger partial charge in [-0.25, -0.2) is 0 Å². The summed E-state index contributed by atoms with van der Waals surface area (Å²) in [5.41, 5.74) is 1.68. The third-order valence-corrected chi connectivity index (χ3v) is 3.22. The maximum Gasteiger partial charge on any atom is 0.0301 e. The first-order valence-corrected chi connectivity index (χ1v) is 5.36. The summed E-state index contributed by atoms with van der Waals surface area (Å²) in [6, 6.07) is 10.8. The Morgan fingerprint density at radius 1 is 1.14 bits per heavy atom. The predicted octanol–water partition coefficient (Wildman–Crippen LogP) is 3.20. The number of hydrogen-bond donors (Lipinski definition) is 0. The Balaban J connectivity index is 2.36.